The van der Waals surface area contributed by atoms with Crippen molar-refractivity contribution in [3.05, 3.63) is 60.7 Å². The van der Waals surface area contributed by atoms with Crippen molar-refractivity contribution in [2.45, 2.75) is 64.5 Å². The van der Waals surface area contributed by atoms with Crippen LogP contribution in [0.5, 0.6) is 0 Å². The molecule has 1 rings (SSSR count). The van der Waals surface area contributed by atoms with Gasteiger partial charge in [-0.05, 0) is 64.5 Å². The number of esters is 2. The summed E-state index contributed by atoms with van der Waals surface area (Å²) in [5.74, 6) is -0.966. The van der Waals surface area contributed by atoms with Gasteiger partial charge in [-0.3, -0.25) is 0 Å². The van der Waals surface area contributed by atoms with Crippen LogP contribution in [-0.4, -0.2) is 50.6 Å². The van der Waals surface area contributed by atoms with Crippen LogP contribution in [0.3, 0.4) is 0 Å². The predicted octanol–water partition coefficient (Wildman–Crippen LogP) is 5.12. The Morgan fingerprint density at radius 3 is 1.39 bits per heavy atom. The normalized spacial score (nSPS) is 11.1. The minimum atomic E-state index is -0.752. The van der Waals surface area contributed by atoms with E-state index in [0.717, 1.165) is 23.3 Å². The molecule has 1 aromatic rings. The number of rotatable bonds is 16. The first-order chi connectivity index (χ1) is 17.9. The summed E-state index contributed by atoms with van der Waals surface area (Å²) >= 11 is 0. The molecule has 2 amide bonds. The van der Waals surface area contributed by atoms with E-state index < -0.39 is 35.2 Å². The van der Waals surface area contributed by atoms with Crippen LogP contribution in [0.2, 0.25) is 0 Å². The third-order valence-electron chi connectivity index (χ3n) is 5.50. The first-order valence-electron chi connectivity index (χ1n) is 12.5. The zero-order chi connectivity index (χ0) is 28.6. The Bertz CT molecular complexity index is 910. The lowest BCUT2D eigenvalue weighted by molar-refractivity contribution is -0.138. The molecular weight excluding hydrogens is 492 g/mol. The van der Waals surface area contributed by atoms with E-state index in [0.29, 0.717) is 25.7 Å². The third kappa shape index (κ3) is 12.4. The van der Waals surface area contributed by atoms with Crippen molar-refractivity contribution in [1.82, 2.24) is 10.6 Å². The van der Waals surface area contributed by atoms with E-state index >= 15 is 0 Å². The van der Waals surface area contributed by atoms with Crippen molar-refractivity contribution in [3.63, 3.8) is 0 Å². The number of hydrogen-bond acceptors (Lipinski definition) is 8. The van der Waals surface area contributed by atoms with Crippen LogP contribution >= 0.6 is 0 Å². The lowest BCUT2D eigenvalue weighted by atomic mass is 9.87. The Kier molecular flexibility index (Phi) is 13.7. The molecule has 0 aliphatic heterocycles. The average molecular weight is 537 g/mol. The molecule has 0 radical (unpaired) electrons. The molecule has 0 saturated heterocycles. The zero-order valence-corrected chi connectivity index (χ0v) is 22.8. The van der Waals surface area contributed by atoms with Crippen LogP contribution < -0.4 is 10.6 Å². The lowest BCUT2D eigenvalue weighted by Gasteiger charge is -2.30. The van der Waals surface area contributed by atoms with Crippen LogP contribution in [0.15, 0.2) is 49.6 Å². The van der Waals surface area contributed by atoms with Gasteiger partial charge in [0.05, 0.1) is 37.5 Å². The fraction of sp³-hybridized carbons (Fsp3) is 0.500. The van der Waals surface area contributed by atoms with Gasteiger partial charge < -0.3 is 29.6 Å². The first-order valence-corrected chi connectivity index (χ1v) is 12.5. The minimum absolute atomic E-state index is 0. The maximum Gasteiger partial charge on any atom is 0.407 e. The van der Waals surface area contributed by atoms with Crippen molar-refractivity contribution in [2.75, 3.05) is 26.4 Å². The van der Waals surface area contributed by atoms with Crippen molar-refractivity contribution in [2.24, 2.45) is 0 Å². The number of alkyl carbamates (subject to hydrolysis) is 2. The van der Waals surface area contributed by atoms with E-state index in [1.165, 1.54) is 0 Å². The number of carbonyl (C=O) groups is 4. The highest BCUT2D eigenvalue weighted by molar-refractivity contribution is 5.81. The van der Waals surface area contributed by atoms with Crippen LogP contribution in [-0.2, 0) is 39.6 Å². The van der Waals surface area contributed by atoms with Crippen LogP contribution in [0, 0.1) is 0 Å². The smallest absolute Gasteiger partial charge is 0.407 e. The van der Waals surface area contributed by atoms with Gasteiger partial charge in [-0.2, -0.15) is 0 Å². The second-order valence-corrected chi connectivity index (χ2v) is 9.51. The van der Waals surface area contributed by atoms with E-state index in [9.17, 15) is 19.2 Å². The number of nitrogens with one attached hydrogen (secondary N) is 2. The molecule has 0 spiro atoms. The van der Waals surface area contributed by atoms with Gasteiger partial charge in [0.1, 0.15) is 0 Å². The summed E-state index contributed by atoms with van der Waals surface area (Å²) in [5.41, 5.74) is 0.136. The van der Waals surface area contributed by atoms with Crippen molar-refractivity contribution >= 4 is 24.1 Å². The summed E-state index contributed by atoms with van der Waals surface area (Å²) in [6.07, 6.45) is 3.29. The Morgan fingerprint density at radius 2 is 1.05 bits per heavy atom. The van der Waals surface area contributed by atoms with Gasteiger partial charge in [0.25, 0.3) is 0 Å². The first kappa shape index (κ1) is 32.2. The Morgan fingerprint density at radius 1 is 0.711 bits per heavy atom. The predicted molar refractivity (Wildman–Crippen MR) is 146 cm³/mol. The third-order valence-corrected chi connectivity index (χ3v) is 5.50. The molecule has 0 aliphatic carbocycles. The van der Waals surface area contributed by atoms with Gasteiger partial charge in [0.2, 0.25) is 0 Å². The van der Waals surface area contributed by atoms with Crippen LogP contribution in [0.4, 0.5) is 9.59 Å². The average Bonchev–Trinajstić information content (AvgIpc) is 2.87. The van der Waals surface area contributed by atoms with E-state index in [-0.39, 0.29) is 29.3 Å². The lowest BCUT2D eigenvalue weighted by Crippen LogP contribution is -2.43. The summed E-state index contributed by atoms with van der Waals surface area (Å²) in [7, 11) is 0. The molecular formula is C28H44N2O8. The van der Waals surface area contributed by atoms with Crippen LogP contribution in [0.25, 0.3) is 0 Å². The van der Waals surface area contributed by atoms with E-state index in [1.54, 1.807) is 0 Å². The molecule has 1 aromatic carbocycles. The molecule has 214 valence electrons. The molecule has 0 saturated carbocycles. The van der Waals surface area contributed by atoms with Gasteiger partial charge in [-0.25, -0.2) is 19.2 Å². The summed E-state index contributed by atoms with van der Waals surface area (Å²) in [5, 5.41) is 5.71. The molecule has 0 aliphatic rings. The largest absolute Gasteiger partial charge is 0.463 e. The maximum atomic E-state index is 12.3. The maximum absolute atomic E-state index is 12.3. The Hall–Kier alpha value is -3.82. The standard InChI is InChI=1S/C28H40N2O8.2H2/c1-7-23(31)35-16-9-11-18-37-25(33)29-27(3,4)21-14-13-15-22(20-21)28(5,6)30-26(34)38-19-12-10-17-36-24(32)8-2;;/h7-8,13-15,20H,1-2,9-12,16-19H2,3-6H3,(H,29,33)(H,30,34);2*1H. The topological polar surface area (TPSA) is 129 Å². The molecule has 0 fully saturated rings. The van der Waals surface area contributed by atoms with Gasteiger partial charge >= 0.3 is 24.1 Å². The van der Waals surface area contributed by atoms with Gasteiger partial charge in [-0.15, -0.1) is 0 Å². The molecule has 0 unspecified atom stereocenters. The van der Waals surface area contributed by atoms with Gasteiger partial charge in [-0.1, -0.05) is 37.4 Å². The van der Waals surface area contributed by atoms with E-state index in [1.807, 2.05) is 52.0 Å². The molecule has 2 N–H and O–H groups in total. The SMILES string of the molecule is C=CC(=O)OCCCCOC(=O)NC(C)(C)c1cccc(C(C)(C)NC(=O)OCCCCOC(=O)C=C)c1.[HH].[HH]. The summed E-state index contributed by atoms with van der Waals surface area (Å²) in [4.78, 5) is 46.7. The monoisotopic (exact) mass is 536 g/mol. The molecule has 0 atom stereocenters. The minimum Gasteiger partial charge on any atom is -0.463 e. The molecule has 0 heterocycles. The second kappa shape index (κ2) is 16.1. The van der Waals surface area contributed by atoms with E-state index in [2.05, 4.69) is 23.8 Å². The number of amides is 2. The molecule has 10 nitrogen and oxygen atoms in total. The molecule has 0 aromatic heterocycles. The van der Waals surface area contributed by atoms with Crippen molar-refractivity contribution in [1.29, 1.82) is 0 Å². The molecule has 0 bridgehead atoms. The number of benzene rings is 1. The Labute approximate surface area is 227 Å². The second-order valence-electron chi connectivity index (χ2n) is 9.51. The quantitative estimate of drug-likeness (QED) is 0.129. The highest BCUT2D eigenvalue weighted by Gasteiger charge is 2.28. The van der Waals surface area contributed by atoms with Crippen LogP contribution in [0.1, 0.15) is 67.4 Å². The number of hydrogen-bond donors (Lipinski definition) is 2. The van der Waals surface area contributed by atoms with Gasteiger partial charge in [0.15, 0.2) is 0 Å². The zero-order valence-electron chi connectivity index (χ0n) is 22.8. The van der Waals surface area contributed by atoms with Crippen molar-refractivity contribution < 1.29 is 41.0 Å². The molecule has 38 heavy (non-hydrogen) atoms. The summed E-state index contributed by atoms with van der Waals surface area (Å²) < 4.78 is 20.3. The summed E-state index contributed by atoms with van der Waals surface area (Å²) in [6.45, 7) is 14.9. The summed E-state index contributed by atoms with van der Waals surface area (Å²) in [6, 6.07) is 7.52. The number of unbranched alkanes of at least 4 members (excludes halogenated alkanes) is 2. The van der Waals surface area contributed by atoms with E-state index in [4.69, 9.17) is 18.9 Å². The number of ether oxygens (including phenoxy) is 4. The van der Waals surface area contributed by atoms with Crippen molar-refractivity contribution in [3.8, 4) is 0 Å². The van der Waals surface area contributed by atoms with Gasteiger partial charge in [0, 0.05) is 15.0 Å². The molecule has 10 heteroatoms. The number of carbonyl (C=O) groups excluding carboxylic acids is 4. The highest BCUT2D eigenvalue weighted by atomic mass is 16.6. The highest BCUT2D eigenvalue weighted by Crippen LogP contribution is 2.27. The fourth-order valence-electron chi connectivity index (χ4n) is 3.22. The Balaban J connectivity index is 0. The fourth-order valence-corrected chi connectivity index (χ4v) is 3.22.